The second-order valence-corrected chi connectivity index (χ2v) is 7.77. The van der Waals surface area contributed by atoms with Gasteiger partial charge in [-0.1, -0.05) is 60.4 Å². The van der Waals surface area contributed by atoms with Crippen LogP contribution < -0.4 is 4.90 Å². The largest absolute Gasteiger partial charge is 0.465 e. The summed E-state index contributed by atoms with van der Waals surface area (Å²) in [5, 5.41) is 0. The van der Waals surface area contributed by atoms with E-state index in [1.165, 1.54) is 23.8 Å². The van der Waals surface area contributed by atoms with Gasteiger partial charge in [0.2, 0.25) is 0 Å². The van der Waals surface area contributed by atoms with Crippen molar-refractivity contribution in [1.29, 1.82) is 0 Å². The van der Waals surface area contributed by atoms with Gasteiger partial charge >= 0.3 is 5.97 Å². The maximum Gasteiger partial charge on any atom is 0.338 e. The van der Waals surface area contributed by atoms with Crippen LogP contribution in [0.3, 0.4) is 0 Å². The van der Waals surface area contributed by atoms with E-state index in [0.717, 1.165) is 5.69 Å². The number of methoxy groups -OCH3 is 1. The number of para-hydroxylation sites is 1. The van der Waals surface area contributed by atoms with E-state index in [-0.39, 0.29) is 5.91 Å². The highest BCUT2D eigenvalue weighted by molar-refractivity contribution is 8.27. The van der Waals surface area contributed by atoms with E-state index in [1.54, 1.807) is 36.4 Å². The summed E-state index contributed by atoms with van der Waals surface area (Å²) in [6.07, 6.45) is 1.66. The fourth-order valence-electron chi connectivity index (χ4n) is 2.96. The zero-order valence-corrected chi connectivity index (χ0v) is 17.0. The van der Waals surface area contributed by atoms with Crippen molar-refractivity contribution >= 4 is 51.9 Å². The van der Waals surface area contributed by atoms with Gasteiger partial charge in [-0.25, -0.2) is 4.79 Å². The van der Waals surface area contributed by atoms with Crippen molar-refractivity contribution in [2.75, 3.05) is 12.0 Å². The quantitative estimate of drug-likeness (QED) is 0.330. The number of thioether (sulfide) groups is 1. The lowest BCUT2D eigenvalue weighted by Crippen LogP contribution is -2.27. The predicted molar refractivity (Wildman–Crippen MR) is 118 cm³/mol. The molecular formula is C22H15NO4S2. The zero-order chi connectivity index (χ0) is 20.4. The summed E-state index contributed by atoms with van der Waals surface area (Å²) in [5.41, 5.74) is 1.76. The molecule has 5 nitrogen and oxygen atoms in total. The van der Waals surface area contributed by atoms with E-state index in [9.17, 15) is 9.59 Å². The molecule has 0 N–H and O–H groups in total. The summed E-state index contributed by atoms with van der Waals surface area (Å²) < 4.78 is 11.2. The molecule has 0 radical (unpaired) electrons. The molecule has 3 aromatic rings. The minimum atomic E-state index is -0.442. The van der Waals surface area contributed by atoms with Gasteiger partial charge in [0.1, 0.15) is 11.5 Å². The number of hydrogen-bond donors (Lipinski definition) is 0. The maximum absolute atomic E-state index is 12.8. The molecule has 2 heterocycles. The number of furan rings is 1. The zero-order valence-electron chi connectivity index (χ0n) is 15.3. The van der Waals surface area contributed by atoms with Crippen LogP contribution in [0.2, 0.25) is 0 Å². The molecule has 29 heavy (non-hydrogen) atoms. The lowest BCUT2D eigenvalue weighted by molar-refractivity contribution is -0.113. The Morgan fingerprint density at radius 2 is 1.79 bits per heavy atom. The molecule has 0 bridgehead atoms. The smallest absolute Gasteiger partial charge is 0.338 e. The minimum Gasteiger partial charge on any atom is -0.465 e. The Labute approximate surface area is 177 Å². The van der Waals surface area contributed by atoms with E-state index < -0.39 is 5.97 Å². The van der Waals surface area contributed by atoms with Gasteiger partial charge in [-0.3, -0.25) is 9.69 Å². The number of benzene rings is 2. The second-order valence-electron chi connectivity index (χ2n) is 6.09. The lowest BCUT2D eigenvalue weighted by Gasteiger charge is -2.13. The van der Waals surface area contributed by atoms with Crippen LogP contribution in [0.1, 0.15) is 16.1 Å². The summed E-state index contributed by atoms with van der Waals surface area (Å²) >= 11 is 6.60. The number of thiocarbonyl (C=S) groups is 1. The highest BCUT2D eigenvalue weighted by Gasteiger charge is 2.33. The molecule has 7 heteroatoms. The third-order valence-corrected chi connectivity index (χ3v) is 5.61. The van der Waals surface area contributed by atoms with E-state index in [4.69, 9.17) is 21.4 Å². The van der Waals surface area contributed by atoms with Crippen LogP contribution in [0.4, 0.5) is 5.69 Å². The monoisotopic (exact) mass is 421 g/mol. The lowest BCUT2D eigenvalue weighted by atomic mass is 10.1. The molecule has 1 aromatic heterocycles. The Balaban J connectivity index is 1.63. The molecule has 144 valence electrons. The van der Waals surface area contributed by atoms with Crippen LogP contribution in [0.15, 0.2) is 76.1 Å². The summed E-state index contributed by atoms with van der Waals surface area (Å²) in [5.74, 6) is 0.366. The van der Waals surface area contributed by atoms with Crippen LogP contribution in [0, 0.1) is 0 Å². The topological polar surface area (TPSA) is 59.8 Å². The van der Waals surface area contributed by atoms with Crippen LogP contribution in [0.5, 0.6) is 0 Å². The van der Waals surface area contributed by atoms with E-state index >= 15 is 0 Å². The molecule has 0 aliphatic carbocycles. The Morgan fingerprint density at radius 3 is 2.55 bits per heavy atom. The third kappa shape index (κ3) is 3.74. The summed E-state index contributed by atoms with van der Waals surface area (Å²) in [7, 11) is 1.33. The fourth-order valence-corrected chi connectivity index (χ4v) is 4.24. The van der Waals surface area contributed by atoms with Gasteiger partial charge < -0.3 is 9.15 Å². The van der Waals surface area contributed by atoms with Crippen molar-refractivity contribution < 1.29 is 18.7 Å². The number of anilines is 1. The Morgan fingerprint density at radius 1 is 1.07 bits per heavy atom. The minimum absolute atomic E-state index is 0.195. The predicted octanol–water partition coefficient (Wildman–Crippen LogP) is 5.14. The molecule has 1 saturated heterocycles. The number of ether oxygens (including phenoxy) is 1. The average molecular weight is 421 g/mol. The Hall–Kier alpha value is -3.16. The number of nitrogens with zero attached hydrogens (tertiary/aromatic N) is 1. The van der Waals surface area contributed by atoms with Crippen molar-refractivity contribution in [3.05, 3.63) is 83.0 Å². The summed E-state index contributed by atoms with van der Waals surface area (Å²) in [6, 6.07) is 19.8. The number of rotatable bonds is 4. The average Bonchev–Trinajstić information content (AvgIpc) is 3.32. The Bertz CT molecular complexity index is 1130. The van der Waals surface area contributed by atoms with Gasteiger partial charge in [0, 0.05) is 11.6 Å². The molecular weight excluding hydrogens is 406 g/mol. The number of amides is 1. The van der Waals surface area contributed by atoms with Crippen LogP contribution >= 0.6 is 24.0 Å². The van der Waals surface area contributed by atoms with Gasteiger partial charge in [0.15, 0.2) is 4.32 Å². The molecule has 2 aromatic carbocycles. The first kappa shape index (κ1) is 19.2. The molecule has 4 rings (SSSR count). The molecule has 0 unspecified atom stereocenters. The highest BCUT2D eigenvalue weighted by Crippen LogP contribution is 2.36. The highest BCUT2D eigenvalue weighted by atomic mass is 32.2. The SMILES string of the molecule is COC(=O)c1ccccc1-c1ccc(/C=C2/SC(=S)N(c3ccccc3)C2=O)o1. The third-order valence-electron chi connectivity index (χ3n) is 4.31. The molecule has 1 fully saturated rings. The van der Waals surface area contributed by atoms with Crippen LogP contribution in [0.25, 0.3) is 17.4 Å². The summed E-state index contributed by atoms with van der Waals surface area (Å²) in [6.45, 7) is 0. The standard InChI is InChI=1S/C22H15NO4S2/c1-26-21(25)17-10-6-5-9-16(17)18-12-11-15(27-18)13-19-20(24)23(22(28)29-19)14-7-3-2-4-8-14/h2-13H,1H3/b19-13+. The van der Waals surface area contributed by atoms with Gasteiger partial charge in [-0.15, -0.1) is 0 Å². The van der Waals surface area contributed by atoms with Gasteiger partial charge in [-0.05, 0) is 30.3 Å². The molecule has 1 aliphatic heterocycles. The normalized spacial score (nSPS) is 15.2. The van der Waals surface area contributed by atoms with Crippen molar-refractivity contribution in [2.24, 2.45) is 0 Å². The first-order valence-electron chi connectivity index (χ1n) is 8.69. The number of esters is 1. The number of carbonyl (C=O) groups excluding carboxylic acids is 2. The molecule has 1 amide bonds. The van der Waals surface area contributed by atoms with Gasteiger partial charge in [0.05, 0.1) is 23.3 Å². The van der Waals surface area contributed by atoms with E-state index in [1.807, 2.05) is 36.4 Å². The molecule has 1 aliphatic rings. The fraction of sp³-hybridized carbons (Fsp3) is 0.0455. The molecule has 0 atom stereocenters. The van der Waals surface area contributed by atoms with Crippen LogP contribution in [-0.4, -0.2) is 23.3 Å². The Kier molecular flexibility index (Phi) is 5.33. The van der Waals surface area contributed by atoms with Gasteiger partial charge in [0.25, 0.3) is 5.91 Å². The van der Waals surface area contributed by atoms with Gasteiger partial charge in [-0.2, -0.15) is 0 Å². The molecule has 0 saturated carbocycles. The molecule has 0 spiro atoms. The van der Waals surface area contributed by atoms with Crippen molar-refractivity contribution in [2.45, 2.75) is 0 Å². The first-order valence-corrected chi connectivity index (χ1v) is 9.91. The van der Waals surface area contributed by atoms with Crippen LogP contribution in [-0.2, 0) is 9.53 Å². The first-order chi connectivity index (χ1) is 14.1. The maximum atomic E-state index is 12.8. The van der Waals surface area contributed by atoms with Crippen molar-refractivity contribution in [3.63, 3.8) is 0 Å². The van der Waals surface area contributed by atoms with E-state index in [2.05, 4.69) is 0 Å². The van der Waals surface area contributed by atoms with E-state index in [0.29, 0.717) is 31.9 Å². The summed E-state index contributed by atoms with van der Waals surface area (Å²) in [4.78, 5) is 26.8. The second kappa shape index (κ2) is 8.06. The van der Waals surface area contributed by atoms with Crippen molar-refractivity contribution in [3.8, 4) is 11.3 Å². The van der Waals surface area contributed by atoms with Crippen molar-refractivity contribution in [1.82, 2.24) is 0 Å². The number of carbonyl (C=O) groups is 2. The number of hydrogen-bond acceptors (Lipinski definition) is 6.